The van der Waals surface area contributed by atoms with Gasteiger partial charge in [0.05, 0.1) is 10.5 Å². The summed E-state index contributed by atoms with van der Waals surface area (Å²) in [6.45, 7) is 0. The average Bonchev–Trinajstić information content (AvgIpc) is 3.35. The van der Waals surface area contributed by atoms with Crippen molar-refractivity contribution in [3.63, 3.8) is 0 Å². The molecule has 1 aliphatic rings. The summed E-state index contributed by atoms with van der Waals surface area (Å²) >= 11 is 0. The first kappa shape index (κ1) is 16.9. The summed E-state index contributed by atoms with van der Waals surface area (Å²) in [6, 6.07) is 10.4. The van der Waals surface area contributed by atoms with Crippen LogP contribution in [0.2, 0.25) is 0 Å². The van der Waals surface area contributed by atoms with E-state index in [1.54, 1.807) is 43.3 Å². The summed E-state index contributed by atoms with van der Waals surface area (Å²) in [7, 11) is 3.41. The van der Waals surface area contributed by atoms with E-state index in [2.05, 4.69) is 5.32 Å². The zero-order valence-electron chi connectivity index (χ0n) is 14.0. The average molecular weight is 343 g/mol. The van der Waals surface area contributed by atoms with E-state index in [4.69, 9.17) is 0 Å². The lowest BCUT2D eigenvalue weighted by atomic mass is 10.0. The smallest absolute Gasteiger partial charge is 0.293 e. The molecular weight excluding hydrogens is 325 g/mol. The molecule has 6 nitrogen and oxygen atoms in total. The van der Waals surface area contributed by atoms with Crippen LogP contribution in [0.25, 0.3) is 0 Å². The molecule has 1 N–H and O–H groups in total. The van der Waals surface area contributed by atoms with Crippen LogP contribution in [0.4, 0.5) is 15.8 Å². The highest BCUT2D eigenvalue weighted by atomic mass is 19.1. The van der Waals surface area contributed by atoms with E-state index in [-0.39, 0.29) is 23.0 Å². The molecule has 1 aliphatic carbocycles. The fourth-order valence-electron chi connectivity index (χ4n) is 2.86. The Hall–Kier alpha value is -2.96. The number of anilines is 1. The van der Waals surface area contributed by atoms with Crippen LogP contribution in [0.3, 0.4) is 0 Å². The molecule has 0 heterocycles. The summed E-state index contributed by atoms with van der Waals surface area (Å²) < 4.78 is 13.1. The Morgan fingerprint density at radius 2 is 1.84 bits per heavy atom. The number of carbonyl (C=O) groups excluding carboxylic acids is 1. The van der Waals surface area contributed by atoms with Gasteiger partial charge in [0.1, 0.15) is 11.5 Å². The quantitative estimate of drug-likeness (QED) is 0.668. The second-order valence-corrected chi connectivity index (χ2v) is 6.40. The molecule has 2 aromatic rings. The van der Waals surface area contributed by atoms with Crippen LogP contribution in [-0.2, 0) is 5.54 Å². The molecule has 25 heavy (non-hydrogen) atoms. The van der Waals surface area contributed by atoms with E-state index >= 15 is 0 Å². The van der Waals surface area contributed by atoms with Gasteiger partial charge in [0, 0.05) is 25.7 Å². The van der Waals surface area contributed by atoms with Crippen molar-refractivity contribution in [3.05, 3.63) is 69.5 Å². The highest BCUT2D eigenvalue weighted by Gasteiger charge is 2.45. The first-order valence-corrected chi connectivity index (χ1v) is 7.87. The van der Waals surface area contributed by atoms with Crippen LogP contribution in [0.5, 0.6) is 0 Å². The Kier molecular flexibility index (Phi) is 4.16. The predicted octanol–water partition coefficient (Wildman–Crippen LogP) is 3.22. The number of carbonyl (C=O) groups is 1. The molecule has 130 valence electrons. The minimum Gasteiger partial charge on any atom is -0.372 e. The summed E-state index contributed by atoms with van der Waals surface area (Å²) in [5.41, 5.74) is 0.859. The zero-order chi connectivity index (χ0) is 18.2. The van der Waals surface area contributed by atoms with E-state index in [1.807, 2.05) is 0 Å². The van der Waals surface area contributed by atoms with Crippen molar-refractivity contribution in [2.45, 2.75) is 18.4 Å². The summed E-state index contributed by atoms with van der Waals surface area (Å²) in [6.07, 6.45) is 1.50. The van der Waals surface area contributed by atoms with Crippen molar-refractivity contribution in [1.82, 2.24) is 5.32 Å². The van der Waals surface area contributed by atoms with E-state index in [0.29, 0.717) is 5.69 Å². The molecule has 1 amide bonds. The number of nitro benzene ring substituents is 1. The first-order chi connectivity index (χ1) is 11.8. The van der Waals surface area contributed by atoms with Crippen LogP contribution < -0.4 is 10.2 Å². The van der Waals surface area contributed by atoms with Crippen LogP contribution in [0.15, 0.2) is 42.5 Å². The first-order valence-electron chi connectivity index (χ1n) is 7.87. The maximum Gasteiger partial charge on any atom is 0.293 e. The second-order valence-electron chi connectivity index (χ2n) is 6.40. The molecule has 0 radical (unpaired) electrons. The summed E-state index contributed by atoms with van der Waals surface area (Å²) in [5.74, 6) is -0.712. The van der Waals surface area contributed by atoms with E-state index in [1.165, 1.54) is 18.2 Å². The number of amides is 1. The highest BCUT2D eigenvalue weighted by Crippen LogP contribution is 2.45. The fourth-order valence-corrected chi connectivity index (χ4v) is 2.86. The lowest BCUT2D eigenvalue weighted by Crippen LogP contribution is -2.34. The molecule has 0 aromatic heterocycles. The second kappa shape index (κ2) is 6.16. The number of nitro groups is 1. The predicted molar refractivity (Wildman–Crippen MR) is 92.2 cm³/mol. The normalized spacial score (nSPS) is 14.7. The van der Waals surface area contributed by atoms with Gasteiger partial charge in [-0.3, -0.25) is 14.9 Å². The van der Waals surface area contributed by atoms with Gasteiger partial charge in [-0.05, 0) is 42.7 Å². The van der Waals surface area contributed by atoms with Crippen molar-refractivity contribution in [2.75, 3.05) is 19.0 Å². The molecule has 1 fully saturated rings. The summed E-state index contributed by atoms with van der Waals surface area (Å²) in [4.78, 5) is 25.0. The number of benzene rings is 2. The van der Waals surface area contributed by atoms with E-state index < -0.39 is 10.5 Å². The molecule has 2 aromatic carbocycles. The van der Waals surface area contributed by atoms with Gasteiger partial charge in [0.25, 0.3) is 11.6 Å². The highest BCUT2D eigenvalue weighted by molar-refractivity contribution is 5.96. The number of rotatable bonds is 5. The third-order valence-electron chi connectivity index (χ3n) is 4.42. The van der Waals surface area contributed by atoms with Gasteiger partial charge < -0.3 is 10.2 Å². The molecule has 0 unspecified atom stereocenters. The van der Waals surface area contributed by atoms with Crippen molar-refractivity contribution in [3.8, 4) is 0 Å². The minimum atomic E-state index is -0.514. The van der Waals surface area contributed by atoms with Gasteiger partial charge >= 0.3 is 0 Å². The van der Waals surface area contributed by atoms with Crippen LogP contribution >= 0.6 is 0 Å². The molecule has 3 rings (SSSR count). The van der Waals surface area contributed by atoms with Gasteiger partial charge in [0.2, 0.25) is 0 Å². The third-order valence-corrected chi connectivity index (χ3v) is 4.42. The van der Waals surface area contributed by atoms with Gasteiger partial charge in [-0.15, -0.1) is 0 Å². The molecule has 0 saturated heterocycles. The number of hydrogen-bond acceptors (Lipinski definition) is 4. The maximum atomic E-state index is 13.1. The van der Waals surface area contributed by atoms with Gasteiger partial charge in [0.15, 0.2) is 0 Å². The molecule has 0 atom stereocenters. The lowest BCUT2D eigenvalue weighted by molar-refractivity contribution is -0.384. The van der Waals surface area contributed by atoms with E-state index in [9.17, 15) is 19.3 Å². The minimum absolute atomic E-state index is 0.121. The molecule has 0 spiro atoms. The Balaban J connectivity index is 1.85. The van der Waals surface area contributed by atoms with Crippen LogP contribution in [-0.4, -0.2) is 24.9 Å². The van der Waals surface area contributed by atoms with Crippen LogP contribution in [0.1, 0.15) is 28.8 Å². The Morgan fingerprint density at radius 3 is 2.36 bits per heavy atom. The zero-order valence-corrected chi connectivity index (χ0v) is 14.0. The Bertz CT molecular complexity index is 830. The van der Waals surface area contributed by atoms with Gasteiger partial charge in [-0.2, -0.15) is 0 Å². The SMILES string of the molecule is CN(C)c1ccc(C(=O)NC2(c3ccc(F)cc3)CC2)cc1[N+](=O)[O-]. The van der Waals surface area contributed by atoms with Crippen molar-refractivity contribution in [2.24, 2.45) is 0 Å². The molecule has 1 saturated carbocycles. The van der Waals surface area contributed by atoms with Crippen molar-refractivity contribution >= 4 is 17.3 Å². The number of nitrogens with zero attached hydrogens (tertiary/aromatic N) is 2. The van der Waals surface area contributed by atoms with Crippen LogP contribution in [0, 0.1) is 15.9 Å². The van der Waals surface area contributed by atoms with E-state index in [0.717, 1.165) is 18.4 Å². The molecular formula is C18H18FN3O3. The Morgan fingerprint density at radius 1 is 1.20 bits per heavy atom. The topological polar surface area (TPSA) is 75.5 Å². The lowest BCUT2D eigenvalue weighted by Gasteiger charge is -2.19. The standard InChI is InChI=1S/C18H18FN3O3/c1-21(2)15-8-3-12(11-16(15)22(24)25)17(23)20-18(9-10-18)13-4-6-14(19)7-5-13/h3-8,11H,9-10H2,1-2H3,(H,20,23). The largest absolute Gasteiger partial charge is 0.372 e. The van der Waals surface area contributed by atoms with Gasteiger partial charge in [-0.25, -0.2) is 4.39 Å². The fraction of sp³-hybridized carbons (Fsp3) is 0.278. The van der Waals surface area contributed by atoms with Crippen molar-refractivity contribution < 1.29 is 14.1 Å². The van der Waals surface area contributed by atoms with Crippen molar-refractivity contribution in [1.29, 1.82) is 0 Å². The maximum absolute atomic E-state index is 13.1. The molecule has 7 heteroatoms. The number of nitrogens with one attached hydrogen (secondary N) is 1. The molecule has 0 bridgehead atoms. The monoisotopic (exact) mass is 343 g/mol. The Labute approximate surface area is 144 Å². The number of hydrogen-bond donors (Lipinski definition) is 1. The van der Waals surface area contributed by atoms with Gasteiger partial charge in [-0.1, -0.05) is 12.1 Å². The molecule has 0 aliphatic heterocycles. The third kappa shape index (κ3) is 3.31. The summed E-state index contributed by atoms with van der Waals surface area (Å²) in [5, 5.41) is 14.2. The number of halogens is 1.